The second-order valence-electron chi connectivity index (χ2n) is 4.85. The van der Waals surface area contributed by atoms with Crippen molar-refractivity contribution in [1.29, 1.82) is 0 Å². The van der Waals surface area contributed by atoms with Gasteiger partial charge in [-0.1, -0.05) is 0 Å². The Labute approximate surface area is 111 Å². The van der Waals surface area contributed by atoms with Gasteiger partial charge in [0, 0.05) is 19.1 Å². The van der Waals surface area contributed by atoms with Crippen molar-refractivity contribution in [2.45, 2.75) is 12.5 Å². The van der Waals surface area contributed by atoms with E-state index in [9.17, 15) is 14.4 Å². The minimum absolute atomic E-state index is 0.254. The second kappa shape index (κ2) is 6.37. The van der Waals surface area contributed by atoms with Crippen LogP contribution in [0.4, 0.5) is 4.79 Å². The molecule has 0 bridgehead atoms. The van der Waals surface area contributed by atoms with E-state index in [1.165, 1.54) is 0 Å². The standard InChI is InChI=1S/C11H20N4O4/c1-13(2)8-3-4-14(5-8)11(19)15(6-9(12)16)7-10(17)18/h8H,3-7H2,1-2H3,(H2,12,16)(H,17,18). The smallest absolute Gasteiger partial charge is 0.323 e. The van der Waals surface area contributed by atoms with Crippen molar-refractivity contribution in [3.8, 4) is 0 Å². The summed E-state index contributed by atoms with van der Waals surface area (Å²) in [6.45, 7) is 0.177. The molecule has 0 aromatic rings. The molecule has 8 nitrogen and oxygen atoms in total. The van der Waals surface area contributed by atoms with Crippen LogP contribution < -0.4 is 5.73 Å². The van der Waals surface area contributed by atoms with Crippen molar-refractivity contribution >= 4 is 17.9 Å². The van der Waals surface area contributed by atoms with Gasteiger partial charge in [0.15, 0.2) is 0 Å². The fourth-order valence-electron chi connectivity index (χ4n) is 2.08. The number of likely N-dealkylation sites (N-methyl/N-ethyl adjacent to an activating group) is 1. The molecule has 3 N–H and O–H groups in total. The minimum Gasteiger partial charge on any atom is -0.480 e. The zero-order valence-electron chi connectivity index (χ0n) is 11.2. The number of nitrogens with zero attached hydrogens (tertiary/aromatic N) is 3. The van der Waals surface area contributed by atoms with Crippen LogP contribution in [0.3, 0.4) is 0 Å². The zero-order valence-corrected chi connectivity index (χ0v) is 11.2. The van der Waals surface area contributed by atoms with Crippen LogP contribution in [-0.4, -0.2) is 84.0 Å². The highest BCUT2D eigenvalue weighted by Crippen LogP contribution is 2.15. The molecule has 0 aromatic carbocycles. The Morgan fingerprint density at radius 2 is 1.95 bits per heavy atom. The van der Waals surface area contributed by atoms with Gasteiger partial charge in [0.2, 0.25) is 5.91 Å². The maximum absolute atomic E-state index is 12.1. The summed E-state index contributed by atoms with van der Waals surface area (Å²) in [6.07, 6.45) is 0.830. The molecule has 1 aliphatic rings. The Morgan fingerprint density at radius 3 is 2.37 bits per heavy atom. The van der Waals surface area contributed by atoms with E-state index in [-0.39, 0.29) is 12.6 Å². The summed E-state index contributed by atoms with van der Waals surface area (Å²) in [5, 5.41) is 8.76. The van der Waals surface area contributed by atoms with Gasteiger partial charge in [-0.2, -0.15) is 0 Å². The van der Waals surface area contributed by atoms with E-state index in [2.05, 4.69) is 0 Å². The van der Waals surface area contributed by atoms with Crippen molar-refractivity contribution in [3.63, 3.8) is 0 Å². The Morgan fingerprint density at radius 1 is 1.32 bits per heavy atom. The van der Waals surface area contributed by atoms with Crippen molar-refractivity contribution < 1.29 is 19.5 Å². The molecule has 0 spiro atoms. The summed E-state index contributed by atoms with van der Waals surface area (Å²) < 4.78 is 0. The number of rotatable bonds is 5. The molecule has 0 saturated carbocycles. The maximum Gasteiger partial charge on any atom is 0.323 e. The van der Waals surface area contributed by atoms with E-state index in [4.69, 9.17) is 10.8 Å². The number of nitrogens with two attached hydrogens (primary N) is 1. The topological polar surface area (TPSA) is 107 Å². The van der Waals surface area contributed by atoms with E-state index in [1.807, 2.05) is 19.0 Å². The predicted octanol–water partition coefficient (Wildman–Crippen LogP) is -1.39. The summed E-state index contributed by atoms with van der Waals surface area (Å²) in [5.74, 6) is -1.89. The summed E-state index contributed by atoms with van der Waals surface area (Å²) in [4.78, 5) is 38.3. The summed E-state index contributed by atoms with van der Waals surface area (Å²) >= 11 is 0. The largest absolute Gasteiger partial charge is 0.480 e. The highest BCUT2D eigenvalue weighted by molar-refractivity contribution is 5.86. The van der Waals surface area contributed by atoms with Crippen LogP contribution in [0.2, 0.25) is 0 Å². The molecule has 3 amide bonds. The van der Waals surface area contributed by atoms with Crippen LogP contribution >= 0.6 is 0 Å². The maximum atomic E-state index is 12.1. The highest BCUT2D eigenvalue weighted by Gasteiger charge is 2.31. The number of hydrogen-bond acceptors (Lipinski definition) is 4. The molecule has 1 rings (SSSR count). The molecule has 108 valence electrons. The number of likely N-dealkylation sites (tertiary alicyclic amines) is 1. The van der Waals surface area contributed by atoms with Crippen molar-refractivity contribution in [3.05, 3.63) is 0 Å². The monoisotopic (exact) mass is 272 g/mol. The SMILES string of the molecule is CN(C)C1CCN(C(=O)N(CC(N)=O)CC(=O)O)C1. The number of hydrogen-bond donors (Lipinski definition) is 2. The summed E-state index contributed by atoms with van der Waals surface area (Å²) in [5.41, 5.74) is 5.03. The van der Waals surface area contributed by atoms with Crippen molar-refractivity contribution in [1.82, 2.24) is 14.7 Å². The first-order chi connectivity index (χ1) is 8.81. The number of primary amides is 1. The molecule has 8 heteroatoms. The van der Waals surface area contributed by atoms with Gasteiger partial charge in [-0.15, -0.1) is 0 Å². The van der Waals surface area contributed by atoms with Gasteiger partial charge in [-0.05, 0) is 20.5 Å². The van der Waals surface area contributed by atoms with Gasteiger partial charge in [-0.25, -0.2) is 4.79 Å². The first kappa shape index (κ1) is 15.2. The Hall–Kier alpha value is -1.83. The third kappa shape index (κ3) is 4.40. The highest BCUT2D eigenvalue weighted by atomic mass is 16.4. The lowest BCUT2D eigenvalue weighted by Crippen LogP contribution is -2.48. The van der Waals surface area contributed by atoms with Crippen LogP contribution in [0.5, 0.6) is 0 Å². The molecule has 0 aliphatic carbocycles. The van der Waals surface area contributed by atoms with Gasteiger partial charge >= 0.3 is 12.0 Å². The van der Waals surface area contributed by atoms with Crippen molar-refractivity contribution in [2.24, 2.45) is 5.73 Å². The molecule has 19 heavy (non-hydrogen) atoms. The third-order valence-corrected chi connectivity index (χ3v) is 3.11. The lowest BCUT2D eigenvalue weighted by molar-refractivity contribution is -0.138. The van der Waals surface area contributed by atoms with Gasteiger partial charge < -0.3 is 25.5 Å². The van der Waals surface area contributed by atoms with E-state index in [1.54, 1.807) is 4.90 Å². The number of aliphatic carboxylic acids is 1. The fraction of sp³-hybridized carbons (Fsp3) is 0.727. The first-order valence-corrected chi connectivity index (χ1v) is 6.01. The summed E-state index contributed by atoms with van der Waals surface area (Å²) in [6, 6.07) is -0.199. The Kier molecular flexibility index (Phi) is 5.11. The third-order valence-electron chi connectivity index (χ3n) is 3.11. The Balaban J connectivity index is 2.66. The number of urea groups is 1. The molecular weight excluding hydrogens is 252 g/mol. The predicted molar refractivity (Wildman–Crippen MR) is 67.5 cm³/mol. The lowest BCUT2D eigenvalue weighted by atomic mass is 10.2. The zero-order chi connectivity index (χ0) is 14.6. The number of carbonyl (C=O) groups is 3. The fourth-order valence-corrected chi connectivity index (χ4v) is 2.08. The molecule has 0 aromatic heterocycles. The number of carbonyl (C=O) groups excluding carboxylic acids is 2. The Bertz CT molecular complexity index is 356. The van der Waals surface area contributed by atoms with Gasteiger partial charge in [-0.3, -0.25) is 9.59 Å². The molecule has 1 saturated heterocycles. The quantitative estimate of drug-likeness (QED) is 0.641. The average molecular weight is 272 g/mol. The molecule has 1 unspecified atom stereocenters. The van der Waals surface area contributed by atoms with Crippen LogP contribution in [0.1, 0.15) is 6.42 Å². The first-order valence-electron chi connectivity index (χ1n) is 6.01. The molecule has 0 radical (unpaired) electrons. The molecule has 1 aliphatic heterocycles. The average Bonchev–Trinajstić information content (AvgIpc) is 2.75. The van der Waals surface area contributed by atoms with Gasteiger partial charge in [0.25, 0.3) is 0 Å². The summed E-state index contributed by atoms with van der Waals surface area (Å²) in [7, 11) is 3.86. The van der Waals surface area contributed by atoms with Gasteiger partial charge in [0.1, 0.15) is 13.1 Å². The molecule has 1 fully saturated rings. The van der Waals surface area contributed by atoms with E-state index in [0.29, 0.717) is 13.1 Å². The van der Waals surface area contributed by atoms with Crippen LogP contribution in [0, 0.1) is 0 Å². The molecular formula is C11H20N4O4. The van der Waals surface area contributed by atoms with Crippen molar-refractivity contribution in [2.75, 3.05) is 40.3 Å². The van der Waals surface area contributed by atoms with E-state index < -0.39 is 24.5 Å². The normalized spacial score (nSPS) is 18.7. The number of amides is 3. The lowest BCUT2D eigenvalue weighted by Gasteiger charge is -2.26. The minimum atomic E-state index is -1.17. The number of carboxylic acid groups (broad SMARTS) is 1. The van der Waals surface area contributed by atoms with E-state index in [0.717, 1.165) is 11.3 Å². The molecule has 1 heterocycles. The van der Waals surface area contributed by atoms with Crippen LogP contribution in [0.15, 0.2) is 0 Å². The van der Waals surface area contributed by atoms with Gasteiger partial charge in [0.05, 0.1) is 0 Å². The van der Waals surface area contributed by atoms with E-state index >= 15 is 0 Å². The van der Waals surface area contributed by atoms with Crippen LogP contribution in [-0.2, 0) is 9.59 Å². The second-order valence-corrected chi connectivity index (χ2v) is 4.85. The number of carboxylic acids is 1. The molecule has 1 atom stereocenters. The van der Waals surface area contributed by atoms with Crippen LogP contribution in [0.25, 0.3) is 0 Å².